The first-order valence-electron chi connectivity index (χ1n) is 6.43. The molecule has 0 heterocycles. The summed E-state index contributed by atoms with van der Waals surface area (Å²) in [6.45, 7) is 0.987. The summed E-state index contributed by atoms with van der Waals surface area (Å²) < 4.78 is 15.2. The lowest BCUT2D eigenvalue weighted by Gasteiger charge is -2.13. The minimum atomic E-state index is -0.886. The van der Waals surface area contributed by atoms with Gasteiger partial charge in [-0.25, -0.2) is 0 Å². The largest absolute Gasteiger partial charge is 0.484 e. The molecule has 0 aliphatic carbocycles. The summed E-state index contributed by atoms with van der Waals surface area (Å²) in [4.78, 5) is 10.4. The Bertz CT molecular complexity index is 454. The summed E-state index contributed by atoms with van der Waals surface area (Å²) >= 11 is 0. The van der Waals surface area contributed by atoms with Crippen LogP contribution >= 0.6 is 0 Å². The standard InChI is InChI=1S/C13H20N2O6/c1-19-4-5-20-8-11(16)9-21-13-6-10(7-14)2-3-12(13)15(17)18/h2-3,6,11,16H,4-5,7-9,14H2,1H3. The van der Waals surface area contributed by atoms with Crippen LogP contribution in [-0.4, -0.2) is 49.7 Å². The maximum Gasteiger partial charge on any atom is 0.310 e. The molecule has 0 radical (unpaired) electrons. The van der Waals surface area contributed by atoms with Crippen molar-refractivity contribution in [2.75, 3.05) is 33.5 Å². The van der Waals surface area contributed by atoms with Crippen LogP contribution in [0.3, 0.4) is 0 Å². The second kappa shape index (κ2) is 9.24. The molecule has 1 aromatic rings. The van der Waals surface area contributed by atoms with Crippen LogP contribution in [0.2, 0.25) is 0 Å². The zero-order valence-electron chi connectivity index (χ0n) is 11.9. The number of nitro groups is 1. The van der Waals surface area contributed by atoms with E-state index in [2.05, 4.69) is 0 Å². The number of aliphatic hydroxyl groups excluding tert-OH is 1. The topological polar surface area (TPSA) is 117 Å². The second-order valence-corrected chi connectivity index (χ2v) is 4.30. The first kappa shape index (κ1) is 17.3. The van der Waals surface area contributed by atoms with E-state index in [-0.39, 0.29) is 31.2 Å². The molecule has 0 fully saturated rings. The summed E-state index contributed by atoms with van der Waals surface area (Å²) in [5.41, 5.74) is 6.03. The Morgan fingerprint density at radius 2 is 2.14 bits per heavy atom. The fourth-order valence-electron chi connectivity index (χ4n) is 1.55. The van der Waals surface area contributed by atoms with Gasteiger partial charge in [0.25, 0.3) is 0 Å². The van der Waals surface area contributed by atoms with E-state index in [9.17, 15) is 15.2 Å². The number of benzene rings is 1. The second-order valence-electron chi connectivity index (χ2n) is 4.30. The molecule has 1 aromatic carbocycles. The van der Waals surface area contributed by atoms with Crippen molar-refractivity contribution in [2.45, 2.75) is 12.6 Å². The molecule has 21 heavy (non-hydrogen) atoms. The van der Waals surface area contributed by atoms with E-state index in [1.165, 1.54) is 12.1 Å². The molecular weight excluding hydrogens is 280 g/mol. The predicted octanol–water partition coefficient (Wildman–Crippen LogP) is 0.456. The third-order valence-electron chi connectivity index (χ3n) is 2.63. The predicted molar refractivity (Wildman–Crippen MR) is 75.2 cm³/mol. The van der Waals surface area contributed by atoms with E-state index in [0.717, 1.165) is 0 Å². The Labute approximate surface area is 122 Å². The molecule has 0 aliphatic heterocycles. The van der Waals surface area contributed by atoms with Crippen LogP contribution in [0.15, 0.2) is 18.2 Å². The van der Waals surface area contributed by atoms with Gasteiger partial charge in [0.1, 0.15) is 12.7 Å². The highest BCUT2D eigenvalue weighted by Crippen LogP contribution is 2.27. The fraction of sp³-hybridized carbons (Fsp3) is 0.538. The van der Waals surface area contributed by atoms with Gasteiger partial charge in [-0.05, 0) is 11.6 Å². The van der Waals surface area contributed by atoms with Crippen molar-refractivity contribution < 1.29 is 24.2 Å². The minimum Gasteiger partial charge on any atom is -0.484 e. The first-order chi connectivity index (χ1) is 10.1. The van der Waals surface area contributed by atoms with Crippen molar-refractivity contribution in [3.8, 4) is 5.75 Å². The van der Waals surface area contributed by atoms with Crippen molar-refractivity contribution in [3.63, 3.8) is 0 Å². The zero-order chi connectivity index (χ0) is 15.7. The Morgan fingerprint density at radius 3 is 2.76 bits per heavy atom. The molecule has 0 aromatic heterocycles. The Morgan fingerprint density at radius 1 is 1.38 bits per heavy atom. The van der Waals surface area contributed by atoms with Crippen LogP contribution in [0.4, 0.5) is 5.69 Å². The van der Waals surface area contributed by atoms with Crippen molar-refractivity contribution in [2.24, 2.45) is 5.73 Å². The summed E-state index contributed by atoms with van der Waals surface area (Å²) in [5, 5.41) is 20.6. The number of hydrogen-bond donors (Lipinski definition) is 2. The molecule has 1 unspecified atom stereocenters. The lowest BCUT2D eigenvalue weighted by atomic mass is 10.2. The van der Waals surface area contributed by atoms with Crippen molar-refractivity contribution in [1.82, 2.24) is 0 Å². The van der Waals surface area contributed by atoms with Crippen molar-refractivity contribution in [3.05, 3.63) is 33.9 Å². The first-order valence-corrected chi connectivity index (χ1v) is 6.43. The van der Waals surface area contributed by atoms with E-state index >= 15 is 0 Å². The molecule has 8 nitrogen and oxygen atoms in total. The molecule has 118 valence electrons. The number of aliphatic hydroxyl groups is 1. The number of ether oxygens (including phenoxy) is 3. The van der Waals surface area contributed by atoms with Crippen molar-refractivity contribution in [1.29, 1.82) is 0 Å². The highest BCUT2D eigenvalue weighted by Gasteiger charge is 2.17. The molecule has 3 N–H and O–H groups in total. The Hall–Kier alpha value is -1.74. The third kappa shape index (κ3) is 6.05. The van der Waals surface area contributed by atoms with Gasteiger partial charge < -0.3 is 25.1 Å². The average Bonchev–Trinajstić information content (AvgIpc) is 2.49. The van der Waals surface area contributed by atoms with E-state index in [1.807, 2.05) is 0 Å². The third-order valence-corrected chi connectivity index (χ3v) is 2.63. The van der Waals surface area contributed by atoms with E-state index in [4.69, 9.17) is 19.9 Å². The van der Waals surface area contributed by atoms with Gasteiger partial charge in [0, 0.05) is 19.7 Å². The smallest absolute Gasteiger partial charge is 0.310 e. The number of rotatable bonds is 10. The maximum atomic E-state index is 10.9. The number of nitrogens with two attached hydrogens (primary N) is 1. The van der Waals surface area contributed by atoms with Gasteiger partial charge >= 0.3 is 5.69 Å². The summed E-state index contributed by atoms with van der Waals surface area (Å²) in [7, 11) is 1.55. The molecule has 0 amide bonds. The molecule has 0 aliphatic rings. The molecule has 0 saturated carbocycles. The quantitative estimate of drug-likeness (QED) is 0.366. The van der Waals surface area contributed by atoms with E-state index in [0.29, 0.717) is 18.8 Å². The highest BCUT2D eigenvalue weighted by atomic mass is 16.6. The summed E-state index contributed by atoms with van der Waals surface area (Å²) in [6.07, 6.45) is -0.886. The average molecular weight is 300 g/mol. The monoisotopic (exact) mass is 300 g/mol. The molecular formula is C13H20N2O6. The number of nitro benzene ring substituents is 1. The molecule has 0 saturated heterocycles. The van der Waals surface area contributed by atoms with Crippen LogP contribution in [0.1, 0.15) is 5.56 Å². The lowest BCUT2D eigenvalue weighted by Crippen LogP contribution is -2.24. The summed E-state index contributed by atoms with van der Waals surface area (Å²) in [6, 6.07) is 4.39. The van der Waals surface area contributed by atoms with Gasteiger partial charge in [-0.15, -0.1) is 0 Å². The van der Waals surface area contributed by atoms with Gasteiger partial charge in [-0.2, -0.15) is 0 Å². The SMILES string of the molecule is COCCOCC(O)COc1cc(CN)ccc1[N+](=O)[O-]. The zero-order valence-corrected chi connectivity index (χ0v) is 11.9. The van der Waals surface area contributed by atoms with Gasteiger partial charge in [0.15, 0.2) is 5.75 Å². The molecule has 1 rings (SSSR count). The molecule has 0 bridgehead atoms. The van der Waals surface area contributed by atoms with Gasteiger partial charge in [0.2, 0.25) is 0 Å². The fourth-order valence-corrected chi connectivity index (χ4v) is 1.55. The van der Waals surface area contributed by atoms with Crippen molar-refractivity contribution >= 4 is 5.69 Å². The Kier molecular flexibility index (Phi) is 7.62. The number of hydrogen-bond acceptors (Lipinski definition) is 7. The lowest BCUT2D eigenvalue weighted by molar-refractivity contribution is -0.385. The number of methoxy groups -OCH3 is 1. The van der Waals surface area contributed by atoms with Crippen LogP contribution in [-0.2, 0) is 16.0 Å². The normalized spacial score (nSPS) is 12.1. The number of nitrogens with zero attached hydrogens (tertiary/aromatic N) is 1. The molecule has 8 heteroatoms. The van der Waals surface area contributed by atoms with E-state index in [1.54, 1.807) is 13.2 Å². The van der Waals surface area contributed by atoms with Crippen LogP contribution in [0.25, 0.3) is 0 Å². The maximum absolute atomic E-state index is 10.9. The summed E-state index contributed by atoms with van der Waals surface area (Å²) in [5.74, 6) is 0.0823. The van der Waals surface area contributed by atoms with Crippen LogP contribution < -0.4 is 10.5 Å². The minimum absolute atomic E-state index is 0.0632. The molecule has 0 spiro atoms. The Balaban J connectivity index is 2.54. The van der Waals surface area contributed by atoms with Gasteiger partial charge in [-0.1, -0.05) is 6.07 Å². The van der Waals surface area contributed by atoms with Gasteiger partial charge in [-0.3, -0.25) is 10.1 Å². The van der Waals surface area contributed by atoms with Crippen LogP contribution in [0, 0.1) is 10.1 Å². The van der Waals surface area contributed by atoms with E-state index < -0.39 is 11.0 Å². The highest BCUT2D eigenvalue weighted by molar-refractivity contribution is 5.48. The van der Waals surface area contributed by atoms with Gasteiger partial charge in [0.05, 0.1) is 24.7 Å². The van der Waals surface area contributed by atoms with Crippen LogP contribution in [0.5, 0.6) is 5.75 Å². The molecule has 1 atom stereocenters.